The second-order valence-electron chi connectivity index (χ2n) is 7.00. The summed E-state index contributed by atoms with van der Waals surface area (Å²) < 4.78 is 7.93. The molecule has 0 unspecified atom stereocenters. The minimum atomic E-state index is 0.0872. The smallest absolute Gasteiger partial charge is 0.244 e. The molecule has 2 aromatic heterocycles. The molecular formula is C19H21N5O. The van der Waals surface area contributed by atoms with Crippen molar-refractivity contribution in [3.63, 3.8) is 0 Å². The number of imidazole rings is 1. The summed E-state index contributed by atoms with van der Waals surface area (Å²) >= 11 is 0. The highest BCUT2D eigenvalue weighted by Crippen LogP contribution is 2.38. The van der Waals surface area contributed by atoms with Crippen LogP contribution in [0.1, 0.15) is 49.1 Å². The fourth-order valence-electron chi connectivity index (χ4n) is 3.62. The van der Waals surface area contributed by atoms with Gasteiger partial charge in [-0.05, 0) is 19.8 Å². The number of nitrogens with zero attached hydrogens (tertiary/aromatic N) is 5. The Bertz CT molecular complexity index is 880. The molecule has 1 atom stereocenters. The molecule has 0 saturated heterocycles. The number of hydrogen-bond acceptors (Lipinski definition) is 5. The van der Waals surface area contributed by atoms with E-state index in [0.717, 1.165) is 25.1 Å². The van der Waals surface area contributed by atoms with Crippen molar-refractivity contribution < 1.29 is 4.52 Å². The maximum atomic E-state index is 5.55. The van der Waals surface area contributed by atoms with Crippen LogP contribution in [-0.2, 0) is 13.0 Å². The zero-order chi connectivity index (χ0) is 16.8. The van der Waals surface area contributed by atoms with Gasteiger partial charge in [-0.2, -0.15) is 4.98 Å². The van der Waals surface area contributed by atoms with Gasteiger partial charge < -0.3 is 9.09 Å². The standard InChI is InChI=1S/C19H21N5O/c1-13(19-21-18(22-25-19)14-5-3-2-4-6-14)23-10-9-17-16(11-23)20-12-24(17)15-7-8-15/h2-6,12-13,15H,7-11H2,1H3/t13-/m1/s1. The highest BCUT2D eigenvalue weighted by molar-refractivity contribution is 5.53. The third kappa shape index (κ3) is 2.66. The lowest BCUT2D eigenvalue weighted by atomic mass is 10.1. The molecule has 1 aromatic carbocycles. The maximum absolute atomic E-state index is 5.55. The third-order valence-electron chi connectivity index (χ3n) is 5.29. The van der Waals surface area contributed by atoms with E-state index in [1.807, 2.05) is 36.7 Å². The van der Waals surface area contributed by atoms with E-state index in [9.17, 15) is 0 Å². The van der Waals surface area contributed by atoms with E-state index in [0.29, 0.717) is 17.8 Å². The molecule has 1 aliphatic carbocycles. The number of benzene rings is 1. The second kappa shape index (κ2) is 5.81. The largest absolute Gasteiger partial charge is 0.337 e. The van der Waals surface area contributed by atoms with Crippen LogP contribution in [0.2, 0.25) is 0 Å². The van der Waals surface area contributed by atoms with Gasteiger partial charge in [0, 0.05) is 36.8 Å². The van der Waals surface area contributed by atoms with Crippen molar-refractivity contribution in [2.24, 2.45) is 0 Å². The average molecular weight is 335 g/mol. The molecule has 0 amide bonds. The highest BCUT2D eigenvalue weighted by atomic mass is 16.5. The zero-order valence-electron chi connectivity index (χ0n) is 14.3. The van der Waals surface area contributed by atoms with Gasteiger partial charge in [0.15, 0.2) is 0 Å². The van der Waals surface area contributed by atoms with Crippen LogP contribution < -0.4 is 0 Å². The van der Waals surface area contributed by atoms with Crippen LogP contribution in [0.4, 0.5) is 0 Å². The number of hydrogen-bond donors (Lipinski definition) is 0. The normalized spacial score (nSPS) is 18.9. The molecule has 6 heteroatoms. The Balaban J connectivity index is 1.34. The van der Waals surface area contributed by atoms with E-state index >= 15 is 0 Å². The van der Waals surface area contributed by atoms with Gasteiger partial charge >= 0.3 is 0 Å². The average Bonchev–Trinajstić information content (AvgIpc) is 3.22. The Morgan fingerprint density at radius 2 is 2.04 bits per heavy atom. The van der Waals surface area contributed by atoms with Gasteiger partial charge in [-0.15, -0.1) is 0 Å². The lowest BCUT2D eigenvalue weighted by Crippen LogP contribution is -2.33. The molecule has 25 heavy (non-hydrogen) atoms. The van der Waals surface area contributed by atoms with Crippen molar-refractivity contribution in [1.82, 2.24) is 24.6 Å². The van der Waals surface area contributed by atoms with E-state index in [4.69, 9.17) is 4.52 Å². The van der Waals surface area contributed by atoms with Crippen molar-refractivity contribution >= 4 is 0 Å². The fraction of sp³-hybridized carbons (Fsp3) is 0.421. The molecule has 0 spiro atoms. The summed E-state index contributed by atoms with van der Waals surface area (Å²) in [7, 11) is 0. The Kier molecular flexibility index (Phi) is 3.45. The molecule has 0 bridgehead atoms. The molecule has 0 radical (unpaired) electrons. The SMILES string of the molecule is C[C@H](c1nc(-c2ccccc2)no1)N1CCc2c(ncn2C2CC2)C1. The first-order chi connectivity index (χ1) is 12.3. The van der Waals surface area contributed by atoms with Gasteiger partial charge in [-0.1, -0.05) is 35.5 Å². The van der Waals surface area contributed by atoms with Crippen LogP contribution in [0, 0.1) is 0 Å². The summed E-state index contributed by atoms with van der Waals surface area (Å²) in [6, 6.07) is 10.7. The zero-order valence-corrected chi connectivity index (χ0v) is 14.3. The van der Waals surface area contributed by atoms with E-state index < -0.39 is 0 Å². The van der Waals surface area contributed by atoms with Crippen molar-refractivity contribution in [2.75, 3.05) is 6.54 Å². The topological polar surface area (TPSA) is 60.0 Å². The Hall–Kier alpha value is -2.47. The van der Waals surface area contributed by atoms with E-state index in [2.05, 4.69) is 31.5 Å². The van der Waals surface area contributed by atoms with E-state index in [-0.39, 0.29) is 6.04 Å². The predicted molar refractivity (Wildman–Crippen MR) is 92.8 cm³/mol. The van der Waals surface area contributed by atoms with Crippen molar-refractivity contribution in [1.29, 1.82) is 0 Å². The lowest BCUT2D eigenvalue weighted by Gasteiger charge is -2.30. The summed E-state index contributed by atoms with van der Waals surface area (Å²) in [5.74, 6) is 1.32. The monoisotopic (exact) mass is 335 g/mol. The lowest BCUT2D eigenvalue weighted by molar-refractivity contribution is 0.154. The highest BCUT2D eigenvalue weighted by Gasteiger charge is 2.32. The first-order valence-electron chi connectivity index (χ1n) is 8.97. The van der Waals surface area contributed by atoms with Gasteiger partial charge in [-0.25, -0.2) is 4.98 Å². The van der Waals surface area contributed by atoms with Gasteiger partial charge in [0.25, 0.3) is 0 Å². The van der Waals surface area contributed by atoms with Crippen LogP contribution in [-0.4, -0.2) is 31.1 Å². The van der Waals surface area contributed by atoms with Crippen molar-refractivity contribution in [3.8, 4) is 11.4 Å². The van der Waals surface area contributed by atoms with Crippen LogP contribution in [0.3, 0.4) is 0 Å². The Labute approximate surface area is 146 Å². The molecule has 3 heterocycles. The van der Waals surface area contributed by atoms with Crippen LogP contribution in [0.15, 0.2) is 41.2 Å². The number of fused-ring (bicyclic) bond motifs is 1. The second-order valence-corrected chi connectivity index (χ2v) is 7.00. The summed E-state index contributed by atoms with van der Waals surface area (Å²) in [4.78, 5) is 11.6. The van der Waals surface area contributed by atoms with Crippen molar-refractivity contribution in [3.05, 3.63) is 53.9 Å². The molecule has 5 rings (SSSR count). The van der Waals surface area contributed by atoms with Crippen LogP contribution >= 0.6 is 0 Å². The minimum Gasteiger partial charge on any atom is -0.337 e. The molecule has 1 aliphatic heterocycles. The van der Waals surface area contributed by atoms with Gasteiger partial charge in [0.05, 0.1) is 18.1 Å². The van der Waals surface area contributed by atoms with E-state index in [1.54, 1.807) is 0 Å². The molecular weight excluding hydrogens is 314 g/mol. The molecule has 6 nitrogen and oxygen atoms in total. The first kappa shape index (κ1) is 14.8. The summed E-state index contributed by atoms with van der Waals surface area (Å²) in [6.07, 6.45) is 5.66. The summed E-state index contributed by atoms with van der Waals surface area (Å²) in [6.45, 7) is 3.97. The minimum absolute atomic E-state index is 0.0872. The van der Waals surface area contributed by atoms with Crippen molar-refractivity contribution in [2.45, 2.75) is 44.8 Å². The summed E-state index contributed by atoms with van der Waals surface area (Å²) in [5, 5.41) is 4.15. The predicted octanol–water partition coefficient (Wildman–Crippen LogP) is 3.39. The van der Waals surface area contributed by atoms with Gasteiger partial charge in [0.2, 0.25) is 11.7 Å². The van der Waals surface area contributed by atoms with Gasteiger partial charge in [0.1, 0.15) is 0 Å². The summed E-state index contributed by atoms with van der Waals surface area (Å²) in [5.41, 5.74) is 3.60. The quantitative estimate of drug-likeness (QED) is 0.731. The molecule has 128 valence electrons. The van der Waals surface area contributed by atoms with Crippen LogP contribution in [0.25, 0.3) is 11.4 Å². The van der Waals surface area contributed by atoms with Crippen LogP contribution in [0.5, 0.6) is 0 Å². The number of aromatic nitrogens is 4. The Morgan fingerprint density at radius 1 is 1.20 bits per heavy atom. The molecule has 3 aromatic rings. The third-order valence-corrected chi connectivity index (χ3v) is 5.29. The van der Waals surface area contributed by atoms with E-state index in [1.165, 1.54) is 24.2 Å². The van der Waals surface area contributed by atoms with Gasteiger partial charge in [-0.3, -0.25) is 4.90 Å². The number of rotatable bonds is 4. The first-order valence-corrected chi connectivity index (χ1v) is 8.97. The maximum Gasteiger partial charge on any atom is 0.244 e. The Morgan fingerprint density at radius 3 is 2.84 bits per heavy atom. The molecule has 2 aliphatic rings. The molecule has 0 N–H and O–H groups in total. The fourth-order valence-corrected chi connectivity index (χ4v) is 3.62. The molecule has 1 fully saturated rings. The molecule has 1 saturated carbocycles.